The number of carbonyl (C=O) groups excluding carboxylic acids is 1. The molecule has 0 bridgehead atoms. The van der Waals surface area contributed by atoms with Gasteiger partial charge in [0.15, 0.2) is 0 Å². The lowest BCUT2D eigenvalue weighted by molar-refractivity contribution is -0.152. The third-order valence-electron chi connectivity index (χ3n) is 9.36. The summed E-state index contributed by atoms with van der Waals surface area (Å²) in [5.41, 5.74) is -4.15. The first-order chi connectivity index (χ1) is 24.5. The van der Waals surface area contributed by atoms with E-state index in [1.54, 1.807) is 0 Å². The molecule has 1 amide bonds. The number of hydrogen-bond acceptors (Lipinski definition) is 4. The summed E-state index contributed by atoms with van der Waals surface area (Å²) in [4.78, 5) is 39.8. The van der Waals surface area contributed by atoms with Gasteiger partial charge in [-0.3, -0.25) is 9.59 Å². The van der Waals surface area contributed by atoms with Crippen molar-refractivity contribution in [3.8, 4) is 11.1 Å². The van der Waals surface area contributed by atoms with E-state index in [9.17, 15) is 45.8 Å². The van der Waals surface area contributed by atoms with Gasteiger partial charge in [-0.2, -0.15) is 26.3 Å². The third kappa shape index (κ3) is 6.66. The number of pyridine rings is 1. The molecule has 52 heavy (non-hydrogen) atoms. The quantitative estimate of drug-likeness (QED) is 0.166. The number of nitrogens with one attached hydrogen (secondary N) is 1. The van der Waals surface area contributed by atoms with Crippen molar-refractivity contribution in [1.29, 1.82) is 0 Å². The molecule has 2 heterocycles. The second-order valence-electron chi connectivity index (χ2n) is 12.5. The molecule has 0 unspecified atom stereocenters. The van der Waals surface area contributed by atoms with Crippen LogP contribution in [-0.2, 0) is 24.4 Å². The minimum Gasteiger partial charge on any atom is -0.480 e. The molecule has 7 nitrogen and oxygen atoms in total. The number of carboxylic acid groups (broad SMARTS) is 1. The zero-order chi connectivity index (χ0) is 37.7. The van der Waals surface area contributed by atoms with Gasteiger partial charge in [0.25, 0.3) is 11.5 Å². The van der Waals surface area contributed by atoms with Crippen LogP contribution in [0.15, 0.2) is 77.6 Å². The van der Waals surface area contributed by atoms with Crippen LogP contribution in [0.4, 0.5) is 40.8 Å². The fourth-order valence-electron chi connectivity index (χ4n) is 6.99. The Kier molecular flexibility index (Phi) is 9.49. The number of amides is 1. The third-order valence-corrected chi connectivity index (χ3v) is 9.36. The molecule has 2 atom stereocenters. The van der Waals surface area contributed by atoms with Crippen LogP contribution in [0, 0.1) is 11.6 Å². The molecule has 0 saturated carbocycles. The number of nitrogens with zero attached hydrogens (tertiary/aromatic N) is 2. The molecule has 1 saturated heterocycles. The van der Waals surface area contributed by atoms with Crippen molar-refractivity contribution in [1.82, 2.24) is 9.88 Å². The van der Waals surface area contributed by atoms with Gasteiger partial charge in [-0.25, -0.2) is 13.6 Å². The maximum Gasteiger partial charge on any atom is 0.417 e. The van der Waals surface area contributed by atoms with E-state index in [1.165, 1.54) is 67.7 Å². The molecule has 0 spiro atoms. The summed E-state index contributed by atoms with van der Waals surface area (Å²) in [7, 11) is 1.34. The largest absolute Gasteiger partial charge is 0.480 e. The van der Waals surface area contributed by atoms with Crippen molar-refractivity contribution < 1.29 is 49.8 Å². The number of rotatable bonds is 7. The predicted molar refractivity (Wildman–Crippen MR) is 177 cm³/mol. The van der Waals surface area contributed by atoms with Crippen LogP contribution in [0.1, 0.15) is 40.7 Å². The maximum atomic E-state index is 15.2. The summed E-state index contributed by atoms with van der Waals surface area (Å²) in [6, 6.07) is 11.5. The molecule has 1 aliphatic rings. The molecule has 4 aromatic carbocycles. The van der Waals surface area contributed by atoms with Gasteiger partial charge in [-0.1, -0.05) is 54.6 Å². The maximum absolute atomic E-state index is 15.2. The van der Waals surface area contributed by atoms with Gasteiger partial charge >= 0.3 is 18.3 Å². The zero-order valence-electron chi connectivity index (χ0n) is 27.2. The molecule has 0 aliphatic carbocycles. The van der Waals surface area contributed by atoms with E-state index in [0.717, 1.165) is 9.47 Å². The number of aliphatic carboxylic acids is 1. The summed E-state index contributed by atoms with van der Waals surface area (Å²) in [5, 5.41) is 12.3. The van der Waals surface area contributed by atoms with Crippen molar-refractivity contribution in [3.63, 3.8) is 0 Å². The molecule has 1 aliphatic heterocycles. The van der Waals surface area contributed by atoms with Crippen LogP contribution in [-0.4, -0.2) is 46.4 Å². The predicted octanol–water partition coefficient (Wildman–Crippen LogP) is 8.00. The van der Waals surface area contributed by atoms with Gasteiger partial charge in [0, 0.05) is 31.1 Å². The highest BCUT2D eigenvalue weighted by atomic mass is 19.4. The van der Waals surface area contributed by atoms with Gasteiger partial charge < -0.3 is 19.9 Å². The molecule has 1 aromatic heterocycles. The second-order valence-corrected chi connectivity index (χ2v) is 12.5. The fraction of sp³-hybridized carbons (Fsp3) is 0.270. The Bertz CT molecular complexity index is 2260. The summed E-state index contributed by atoms with van der Waals surface area (Å²) >= 11 is 0. The topological polar surface area (TPSA) is 91.6 Å². The fourth-order valence-corrected chi connectivity index (χ4v) is 6.99. The number of alkyl halides is 6. The second kappa shape index (κ2) is 13.6. The first-order valence-corrected chi connectivity index (χ1v) is 16.0. The number of aryl methyl sites for hydroxylation is 1. The van der Waals surface area contributed by atoms with E-state index >= 15 is 8.78 Å². The van der Waals surface area contributed by atoms with Gasteiger partial charge in [-0.15, -0.1) is 0 Å². The van der Waals surface area contributed by atoms with Crippen LogP contribution in [0.3, 0.4) is 0 Å². The molecule has 2 N–H and O–H groups in total. The lowest BCUT2D eigenvalue weighted by atomic mass is 9.90. The highest BCUT2D eigenvalue weighted by Crippen LogP contribution is 2.42. The van der Waals surface area contributed by atoms with Crippen LogP contribution in [0.2, 0.25) is 0 Å². The van der Waals surface area contributed by atoms with Crippen molar-refractivity contribution in [3.05, 3.63) is 111 Å². The van der Waals surface area contributed by atoms with Crippen LogP contribution in [0.25, 0.3) is 32.8 Å². The highest BCUT2D eigenvalue weighted by Gasteiger charge is 2.45. The molecular formula is C37H29F8N3O4. The number of fused-ring (bicyclic) bond motifs is 2. The lowest BCUT2D eigenvalue weighted by Gasteiger charge is -2.38. The number of piperidine rings is 1. The summed E-state index contributed by atoms with van der Waals surface area (Å²) in [6.07, 6.45) is -9.81. The van der Waals surface area contributed by atoms with E-state index in [1.807, 2.05) is 0 Å². The van der Waals surface area contributed by atoms with Crippen LogP contribution in [0.5, 0.6) is 0 Å². The van der Waals surface area contributed by atoms with E-state index in [2.05, 4.69) is 5.32 Å². The van der Waals surface area contributed by atoms with Gasteiger partial charge in [0.05, 0.1) is 16.6 Å². The average Bonchev–Trinajstić information content (AvgIpc) is 3.08. The molecule has 1 fully saturated rings. The Morgan fingerprint density at radius 3 is 2.17 bits per heavy atom. The molecule has 0 radical (unpaired) electrons. The Morgan fingerprint density at radius 1 is 0.885 bits per heavy atom. The molecule has 272 valence electrons. The number of aromatic nitrogens is 1. The van der Waals surface area contributed by atoms with E-state index < -0.39 is 82.3 Å². The van der Waals surface area contributed by atoms with Crippen molar-refractivity contribution >= 4 is 39.2 Å². The van der Waals surface area contributed by atoms with E-state index in [0.29, 0.717) is 18.6 Å². The number of carboxylic acids is 1. The molecular weight excluding hydrogens is 702 g/mol. The highest BCUT2D eigenvalue weighted by molar-refractivity contribution is 6.02. The summed E-state index contributed by atoms with van der Waals surface area (Å²) in [5.74, 6) is -6.12. The Morgan fingerprint density at radius 2 is 1.52 bits per heavy atom. The van der Waals surface area contributed by atoms with E-state index in [4.69, 9.17) is 0 Å². The standard InChI is InChI=1S/C37H29F8N3O4/c1-47-28-13-3-2-9-24(28)32(37(43,44)45)30(34(47)50)23-12-7-10-21-19(8-6-11-22(21)23)16-27(35(51)52)46-33(49)31-25(38)17-20(18-26(31)39)48-15-5-4-14-29(48)36(40,41)42/h2-3,6-13,17-18,27,29H,4-5,14-16H2,1H3,(H,46,49)(H,51,52)/t27-,29+/m0/s1. The summed E-state index contributed by atoms with van der Waals surface area (Å²) in [6.45, 7) is -0.130. The number of benzene rings is 4. The zero-order valence-corrected chi connectivity index (χ0v) is 27.2. The first kappa shape index (κ1) is 36.3. The molecule has 5 aromatic rings. The molecule has 15 heteroatoms. The normalized spacial score (nSPS) is 15.9. The van der Waals surface area contributed by atoms with Gasteiger partial charge in [-0.05, 0) is 59.4 Å². The minimum atomic E-state index is -4.95. The van der Waals surface area contributed by atoms with Gasteiger partial charge in [0.2, 0.25) is 0 Å². The van der Waals surface area contributed by atoms with Crippen molar-refractivity contribution in [2.75, 3.05) is 11.4 Å². The van der Waals surface area contributed by atoms with Crippen molar-refractivity contribution in [2.45, 2.75) is 50.1 Å². The number of anilines is 1. The van der Waals surface area contributed by atoms with Crippen molar-refractivity contribution in [2.24, 2.45) is 7.05 Å². The monoisotopic (exact) mass is 731 g/mol. The van der Waals surface area contributed by atoms with Gasteiger partial charge in [0.1, 0.15) is 29.3 Å². The Balaban J connectivity index is 1.36. The average molecular weight is 732 g/mol. The Hall–Kier alpha value is -5.47. The SMILES string of the molecule is Cn1c(=O)c(-c2cccc3c(C[C@H](NC(=O)c4c(F)cc(N5CCCC[C@@H]5C(F)(F)F)cc4F)C(=O)O)cccc23)c(C(F)(F)F)c2ccccc21. The number of para-hydroxylation sites is 1. The number of carbonyl (C=O) groups is 2. The number of halogens is 8. The number of hydrogen-bond donors (Lipinski definition) is 2. The first-order valence-electron chi connectivity index (χ1n) is 16.0. The molecule has 6 rings (SSSR count). The minimum absolute atomic E-state index is 0.0593. The summed E-state index contributed by atoms with van der Waals surface area (Å²) < 4.78 is 116. The smallest absolute Gasteiger partial charge is 0.417 e. The lowest BCUT2D eigenvalue weighted by Crippen LogP contribution is -2.49. The van der Waals surface area contributed by atoms with Crippen LogP contribution < -0.4 is 15.8 Å². The van der Waals surface area contributed by atoms with Crippen LogP contribution >= 0.6 is 0 Å². The Labute approximate surface area is 290 Å². The van der Waals surface area contributed by atoms with E-state index in [-0.39, 0.29) is 52.2 Å².